The maximum Gasteiger partial charge on any atom is 1.00 e. The first-order chi connectivity index (χ1) is 16.9. The van der Waals surface area contributed by atoms with E-state index in [2.05, 4.69) is 23.3 Å². The normalized spacial score (nSPS) is 14.8. The van der Waals surface area contributed by atoms with Gasteiger partial charge >= 0.3 is 18.9 Å². The zero-order valence-corrected chi connectivity index (χ0v) is 22.6. The second-order valence-corrected chi connectivity index (χ2v) is 10.2. The molecular formula is C30H41LiN2O3. The van der Waals surface area contributed by atoms with Crippen molar-refractivity contribution >= 4 is 11.9 Å². The molecule has 1 aliphatic carbocycles. The third-order valence-corrected chi connectivity index (χ3v) is 7.30. The average molecular weight is 485 g/mol. The van der Waals surface area contributed by atoms with Crippen molar-refractivity contribution in [2.24, 2.45) is 5.92 Å². The molecule has 1 amide bonds. The number of hydrogen-bond donors (Lipinski definition) is 1. The number of benzene rings is 2. The van der Waals surface area contributed by atoms with E-state index in [1.807, 2.05) is 50.2 Å². The molecule has 0 bridgehead atoms. The topological polar surface area (TPSA) is 72.5 Å². The Hall–Kier alpha value is -2.06. The Bertz CT molecular complexity index is 988. The molecule has 0 aliphatic heterocycles. The predicted molar refractivity (Wildman–Crippen MR) is 140 cm³/mol. The maximum absolute atomic E-state index is 13.2. The molecule has 6 heteroatoms. The van der Waals surface area contributed by atoms with Gasteiger partial charge in [-0.25, -0.2) is 0 Å². The van der Waals surface area contributed by atoms with Gasteiger partial charge < -0.3 is 20.1 Å². The van der Waals surface area contributed by atoms with Crippen LogP contribution in [0.1, 0.15) is 86.2 Å². The van der Waals surface area contributed by atoms with Gasteiger partial charge in [0, 0.05) is 12.1 Å². The van der Waals surface area contributed by atoms with Crippen LogP contribution in [0.3, 0.4) is 0 Å². The molecular weight excluding hydrogens is 443 g/mol. The molecule has 2 aromatic rings. The van der Waals surface area contributed by atoms with Crippen molar-refractivity contribution in [3.8, 4) is 11.1 Å². The van der Waals surface area contributed by atoms with E-state index >= 15 is 0 Å². The minimum absolute atomic E-state index is 0. The van der Waals surface area contributed by atoms with E-state index in [1.165, 1.54) is 38.5 Å². The fourth-order valence-corrected chi connectivity index (χ4v) is 5.15. The van der Waals surface area contributed by atoms with Crippen molar-refractivity contribution in [1.29, 1.82) is 0 Å². The van der Waals surface area contributed by atoms with Crippen LogP contribution >= 0.6 is 0 Å². The Labute approximate surface area is 229 Å². The van der Waals surface area contributed by atoms with E-state index < -0.39 is 12.0 Å². The summed E-state index contributed by atoms with van der Waals surface area (Å²) in [5.74, 6) is -0.754. The van der Waals surface area contributed by atoms with Gasteiger partial charge in [0.15, 0.2) is 0 Å². The van der Waals surface area contributed by atoms with Crippen LogP contribution in [0.25, 0.3) is 11.1 Å². The number of nitrogens with zero attached hydrogens (tertiary/aromatic N) is 1. The summed E-state index contributed by atoms with van der Waals surface area (Å²) in [6.45, 7) is 5.91. The van der Waals surface area contributed by atoms with Crippen molar-refractivity contribution < 1.29 is 33.6 Å². The second-order valence-electron chi connectivity index (χ2n) is 10.2. The zero-order valence-electron chi connectivity index (χ0n) is 22.6. The number of amides is 1. The molecule has 1 N–H and O–H groups in total. The molecule has 2 aromatic carbocycles. The van der Waals surface area contributed by atoms with Crippen LogP contribution in [-0.2, 0) is 11.3 Å². The molecule has 0 spiro atoms. The minimum Gasteiger partial charge on any atom is -0.548 e. The first-order valence-electron chi connectivity index (χ1n) is 13.3. The second kappa shape index (κ2) is 15.2. The Morgan fingerprint density at radius 1 is 1.08 bits per heavy atom. The van der Waals surface area contributed by atoms with Gasteiger partial charge in [0.05, 0.1) is 12.0 Å². The number of unbranched alkanes of at least 4 members (excludes halogenated alkanes) is 1. The third kappa shape index (κ3) is 8.80. The largest absolute Gasteiger partial charge is 1.00 e. The number of carbonyl (C=O) groups is 2. The van der Waals surface area contributed by atoms with Crippen molar-refractivity contribution in [3.05, 3.63) is 59.2 Å². The van der Waals surface area contributed by atoms with Crippen LogP contribution in [0.15, 0.2) is 42.5 Å². The molecule has 1 atom stereocenters. The van der Waals surface area contributed by atoms with Gasteiger partial charge in [0.25, 0.3) is 5.91 Å². The molecule has 0 aromatic heterocycles. The SMILES string of the molecule is CCCCC(NC(=O)c1ccc(CN(C)CCC2CCCCC2)cc1-c1ccccc1C)C(=O)[O-].[Li+]. The first kappa shape index (κ1) is 30.2. The average Bonchev–Trinajstić information content (AvgIpc) is 2.86. The van der Waals surface area contributed by atoms with Crippen LogP contribution < -0.4 is 29.3 Å². The van der Waals surface area contributed by atoms with E-state index in [4.69, 9.17) is 0 Å². The van der Waals surface area contributed by atoms with Crippen LogP contribution in [0.2, 0.25) is 0 Å². The van der Waals surface area contributed by atoms with E-state index in [9.17, 15) is 14.7 Å². The number of aryl methyl sites for hydroxylation is 1. The molecule has 36 heavy (non-hydrogen) atoms. The van der Waals surface area contributed by atoms with Gasteiger partial charge in [-0.15, -0.1) is 0 Å². The fourth-order valence-electron chi connectivity index (χ4n) is 5.15. The van der Waals surface area contributed by atoms with Gasteiger partial charge in [-0.05, 0) is 73.7 Å². The molecule has 1 aliphatic rings. The number of carbonyl (C=O) groups excluding carboxylic acids is 2. The number of nitrogens with one attached hydrogen (secondary N) is 1. The molecule has 0 heterocycles. The molecule has 0 saturated heterocycles. The summed E-state index contributed by atoms with van der Waals surface area (Å²) in [7, 11) is 2.16. The smallest absolute Gasteiger partial charge is 0.548 e. The number of hydrogen-bond acceptors (Lipinski definition) is 4. The number of aliphatic carboxylic acids is 1. The van der Waals surface area contributed by atoms with E-state index in [1.54, 1.807) is 0 Å². The van der Waals surface area contributed by atoms with Crippen molar-refractivity contribution in [2.45, 2.75) is 84.2 Å². The predicted octanol–water partition coefficient (Wildman–Crippen LogP) is 2.11. The van der Waals surface area contributed by atoms with Crippen LogP contribution in [0.4, 0.5) is 0 Å². The van der Waals surface area contributed by atoms with Crippen molar-refractivity contribution in [1.82, 2.24) is 10.2 Å². The van der Waals surface area contributed by atoms with E-state index in [-0.39, 0.29) is 24.8 Å². The Morgan fingerprint density at radius 3 is 2.47 bits per heavy atom. The summed E-state index contributed by atoms with van der Waals surface area (Å²) in [5.41, 5.74) is 4.55. The Balaban J connectivity index is 0.00000456. The molecule has 1 saturated carbocycles. The molecule has 190 valence electrons. The Kier molecular flexibility index (Phi) is 12.8. The van der Waals surface area contributed by atoms with Crippen LogP contribution in [0.5, 0.6) is 0 Å². The molecule has 1 unspecified atom stereocenters. The zero-order chi connectivity index (χ0) is 25.2. The van der Waals surface area contributed by atoms with E-state index in [0.29, 0.717) is 12.0 Å². The number of carboxylic acids is 1. The third-order valence-electron chi connectivity index (χ3n) is 7.30. The van der Waals surface area contributed by atoms with Gasteiger partial charge in [-0.2, -0.15) is 0 Å². The molecule has 5 nitrogen and oxygen atoms in total. The fraction of sp³-hybridized carbons (Fsp3) is 0.533. The summed E-state index contributed by atoms with van der Waals surface area (Å²) in [6, 6.07) is 12.9. The monoisotopic (exact) mass is 484 g/mol. The summed E-state index contributed by atoms with van der Waals surface area (Å²) >= 11 is 0. The quantitative estimate of drug-likeness (QED) is 0.469. The Morgan fingerprint density at radius 2 is 1.81 bits per heavy atom. The molecule has 0 radical (unpaired) electrons. The van der Waals surface area contributed by atoms with E-state index in [0.717, 1.165) is 54.1 Å². The first-order valence-corrected chi connectivity index (χ1v) is 13.3. The van der Waals surface area contributed by atoms with Gasteiger partial charge in [0.1, 0.15) is 0 Å². The van der Waals surface area contributed by atoms with Gasteiger partial charge in [-0.3, -0.25) is 4.79 Å². The van der Waals surface area contributed by atoms with Crippen molar-refractivity contribution in [3.63, 3.8) is 0 Å². The molecule has 1 fully saturated rings. The summed E-state index contributed by atoms with van der Waals surface area (Å²) in [6.07, 6.45) is 10.0. The minimum atomic E-state index is -1.24. The number of carboxylic acid groups (broad SMARTS) is 1. The van der Waals surface area contributed by atoms with Crippen LogP contribution in [0, 0.1) is 12.8 Å². The van der Waals surface area contributed by atoms with Gasteiger partial charge in [0.2, 0.25) is 0 Å². The van der Waals surface area contributed by atoms with Crippen LogP contribution in [-0.4, -0.2) is 36.4 Å². The summed E-state index contributed by atoms with van der Waals surface area (Å²) < 4.78 is 0. The summed E-state index contributed by atoms with van der Waals surface area (Å²) in [5, 5.41) is 14.3. The maximum atomic E-state index is 13.2. The summed E-state index contributed by atoms with van der Waals surface area (Å²) in [4.78, 5) is 27.2. The van der Waals surface area contributed by atoms with Crippen molar-refractivity contribution in [2.75, 3.05) is 13.6 Å². The standard InChI is InChI=1S/C30H42N2O3.Li/c1-4-5-15-28(30(34)35)31-29(33)26-17-16-24(20-27(26)25-14-10-9-11-22(25)2)21-32(3)19-18-23-12-7-6-8-13-23;/h9-11,14,16-17,20,23,28H,4-8,12-13,15,18-19,21H2,1-3H3,(H,31,33)(H,34,35);/q;+1/p-1. The molecule has 3 rings (SSSR count). The van der Waals surface area contributed by atoms with Gasteiger partial charge in [-0.1, -0.05) is 82.2 Å². The number of rotatable bonds is 12.